The molecule has 0 aliphatic heterocycles. The van der Waals surface area contributed by atoms with Gasteiger partial charge in [0.25, 0.3) is 0 Å². The molecule has 2 rings (SSSR count). The molecular weight excluding hydrogens is 372 g/mol. The van der Waals surface area contributed by atoms with E-state index in [1.165, 1.54) is 0 Å². The van der Waals surface area contributed by atoms with Gasteiger partial charge in [-0.3, -0.25) is 0 Å². The summed E-state index contributed by atoms with van der Waals surface area (Å²) in [6.45, 7) is 0.350. The highest BCUT2D eigenvalue weighted by Gasteiger charge is 2.10. The minimum Gasteiger partial charge on any atom is -0.508 e. The number of anilines is 1. The van der Waals surface area contributed by atoms with Gasteiger partial charge < -0.3 is 10.4 Å². The molecule has 0 fully saturated rings. The number of phenolic OH excluding ortho intramolecular Hbond substituents is 1. The van der Waals surface area contributed by atoms with Gasteiger partial charge in [0.15, 0.2) is 0 Å². The fourth-order valence-electron chi connectivity index (χ4n) is 1.57. The predicted molar refractivity (Wildman–Crippen MR) is 84.6 cm³/mol. The summed E-state index contributed by atoms with van der Waals surface area (Å²) in [5, 5.41) is 14.2. The van der Waals surface area contributed by atoms with E-state index in [0.29, 0.717) is 32.9 Å². The lowest BCUT2D eigenvalue weighted by molar-refractivity contribution is 0.469. The Hall–Kier alpha value is -0.610. The molecule has 2 N–H and O–H groups in total. The highest BCUT2D eigenvalue weighted by molar-refractivity contribution is 9.10. The zero-order valence-corrected chi connectivity index (χ0v) is 13.4. The van der Waals surface area contributed by atoms with Gasteiger partial charge in [0.1, 0.15) is 5.75 Å². The molecule has 0 saturated heterocycles. The molecule has 2 nitrogen and oxygen atoms in total. The molecule has 0 aromatic heterocycles. The van der Waals surface area contributed by atoms with Crippen LogP contribution in [0.3, 0.4) is 0 Å². The van der Waals surface area contributed by atoms with Gasteiger partial charge in [-0.25, -0.2) is 0 Å². The third-order valence-electron chi connectivity index (χ3n) is 2.58. The van der Waals surface area contributed by atoms with Crippen molar-refractivity contribution in [2.45, 2.75) is 6.54 Å². The van der Waals surface area contributed by atoms with Crippen LogP contribution >= 0.6 is 50.7 Å². The first-order valence-electron chi connectivity index (χ1n) is 5.34. The Morgan fingerprint density at radius 1 is 1.05 bits per heavy atom. The second-order valence-electron chi connectivity index (χ2n) is 3.81. The maximum atomic E-state index is 9.75. The quantitative estimate of drug-likeness (QED) is 0.666. The van der Waals surface area contributed by atoms with E-state index in [0.717, 1.165) is 4.47 Å². The summed E-state index contributed by atoms with van der Waals surface area (Å²) >= 11 is 21.5. The van der Waals surface area contributed by atoms with Crippen molar-refractivity contribution < 1.29 is 5.11 Å². The van der Waals surface area contributed by atoms with Crippen molar-refractivity contribution in [3.63, 3.8) is 0 Å². The molecule has 0 spiro atoms. The summed E-state index contributed by atoms with van der Waals surface area (Å²) in [6.07, 6.45) is 0. The van der Waals surface area contributed by atoms with Gasteiger partial charge in [-0.15, -0.1) is 0 Å². The molecule has 0 heterocycles. The smallest absolute Gasteiger partial charge is 0.122 e. The molecule has 19 heavy (non-hydrogen) atoms. The Kier molecular flexibility index (Phi) is 4.85. The van der Waals surface area contributed by atoms with Crippen LogP contribution in [0.5, 0.6) is 5.75 Å². The van der Waals surface area contributed by atoms with E-state index >= 15 is 0 Å². The minimum absolute atomic E-state index is 0.138. The van der Waals surface area contributed by atoms with Crippen molar-refractivity contribution in [1.29, 1.82) is 0 Å². The Morgan fingerprint density at radius 3 is 2.47 bits per heavy atom. The average molecular weight is 381 g/mol. The first-order chi connectivity index (χ1) is 9.00. The molecule has 2 aromatic rings. The number of phenols is 1. The van der Waals surface area contributed by atoms with Crippen LogP contribution in [0.4, 0.5) is 5.69 Å². The monoisotopic (exact) mass is 379 g/mol. The van der Waals surface area contributed by atoms with E-state index in [1.54, 1.807) is 30.3 Å². The maximum Gasteiger partial charge on any atom is 0.122 e. The van der Waals surface area contributed by atoms with Crippen LogP contribution in [0.25, 0.3) is 0 Å². The van der Waals surface area contributed by atoms with Crippen LogP contribution in [0, 0.1) is 0 Å². The summed E-state index contributed by atoms with van der Waals surface area (Å²) in [5.74, 6) is 0.138. The molecule has 100 valence electrons. The van der Waals surface area contributed by atoms with E-state index in [1.807, 2.05) is 0 Å². The Morgan fingerprint density at radius 2 is 1.79 bits per heavy atom. The number of halogens is 4. The third-order valence-corrected chi connectivity index (χ3v) is 4.71. The Labute approximate surface area is 134 Å². The topological polar surface area (TPSA) is 32.3 Å². The Bertz CT molecular complexity index is 599. The number of rotatable bonds is 3. The van der Waals surface area contributed by atoms with Crippen LogP contribution in [-0.2, 0) is 6.54 Å². The largest absolute Gasteiger partial charge is 0.508 e. The molecule has 0 unspecified atom stereocenters. The van der Waals surface area contributed by atoms with Gasteiger partial charge in [-0.05, 0) is 40.2 Å². The zero-order valence-electron chi connectivity index (χ0n) is 9.55. The fraction of sp³-hybridized carbons (Fsp3) is 0.0769. The van der Waals surface area contributed by atoms with Crippen molar-refractivity contribution in [2.24, 2.45) is 0 Å². The standard InChI is InChI=1S/C13H9BrCl3NO/c14-8-4-5-10(13(17)12(8)16)18-6-7-9(15)2-1-3-11(7)19/h1-5,18-19H,6H2. The average Bonchev–Trinajstić information content (AvgIpc) is 2.38. The molecule has 0 bridgehead atoms. The summed E-state index contributed by atoms with van der Waals surface area (Å²) in [5.41, 5.74) is 1.29. The van der Waals surface area contributed by atoms with Gasteiger partial charge in [0.05, 0.1) is 15.7 Å². The number of aromatic hydroxyl groups is 1. The molecule has 0 atom stereocenters. The second-order valence-corrected chi connectivity index (χ2v) is 5.83. The number of hydrogen-bond donors (Lipinski definition) is 2. The molecule has 0 radical (unpaired) electrons. The highest BCUT2D eigenvalue weighted by atomic mass is 79.9. The van der Waals surface area contributed by atoms with Gasteiger partial charge in [-0.1, -0.05) is 40.9 Å². The van der Waals surface area contributed by atoms with Crippen molar-refractivity contribution in [3.8, 4) is 5.75 Å². The second kappa shape index (κ2) is 6.23. The predicted octanol–water partition coefficient (Wildman–Crippen LogP) is 5.73. The summed E-state index contributed by atoms with van der Waals surface area (Å²) in [4.78, 5) is 0. The molecular formula is C13H9BrCl3NO. The van der Waals surface area contributed by atoms with Crippen molar-refractivity contribution >= 4 is 56.4 Å². The summed E-state index contributed by atoms with van der Waals surface area (Å²) < 4.78 is 0.727. The van der Waals surface area contributed by atoms with E-state index in [2.05, 4.69) is 21.2 Å². The van der Waals surface area contributed by atoms with E-state index in [9.17, 15) is 5.11 Å². The minimum atomic E-state index is 0.138. The first kappa shape index (κ1) is 14.8. The Balaban J connectivity index is 2.22. The van der Waals surface area contributed by atoms with E-state index in [-0.39, 0.29) is 5.75 Å². The third kappa shape index (κ3) is 3.29. The number of benzene rings is 2. The lowest BCUT2D eigenvalue weighted by Crippen LogP contribution is -2.01. The zero-order chi connectivity index (χ0) is 14.0. The van der Waals surface area contributed by atoms with Crippen LogP contribution in [0.15, 0.2) is 34.8 Å². The van der Waals surface area contributed by atoms with Crippen molar-refractivity contribution in [3.05, 3.63) is 55.4 Å². The van der Waals surface area contributed by atoms with Gasteiger partial charge in [-0.2, -0.15) is 0 Å². The van der Waals surface area contributed by atoms with Gasteiger partial charge in [0, 0.05) is 21.6 Å². The number of hydrogen-bond acceptors (Lipinski definition) is 2. The lowest BCUT2D eigenvalue weighted by atomic mass is 10.2. The van der Waals surface area contributed by atoms with E-state index in [4.69, 9.17) is 34.8 Å². The summed E-state index contributed by atoms with van der Waals surface area (Å²) in [7, 11) is 0. The summed E-state index contributed by atoms with van der Waals surface area (Å²) in [6, 6.07) is 8.58. The van der Waals surface area contributed by atoms with Crippen molar-refractivity contribution in [2.75, 3.05) is 5.32 Å². The molecule has 0 saturated carbocycles. The molecule has 0 aliphatic rings. The fourth-order valence-corrected chi connectivity index (χ4v) is 2.65. The van der Waals surface area contributed by atoms with Crippen LogP contribution in [0.1, 0.15) is 5.56 Å². The van der Waals surface area contributed by atoms with E-state index < -0.39 is 0 Å². The first-order valence-corrected chi connectivity index (χ1v) is 7.27. The molecule has 0 aliphatic carbocycles. The van der Waals surface area contributed by atoms with Crippen LogP contribution in [-0.4, -0.2) is 5.11 Å². The van der Waals surface area contributed by atoms with Crippen LogP contribution in [0.2, 0.25) is 15.1 Å². The van der Waals surface area contributed by atoms with Gasteiger partial charge >= 0.3 is 0 Å². The van der Waals surface area contributed by atoms with Gasteiger partial charge in [0.2, 0.25) is 0 Å². The van der Waals surface area contributed by atoms with Crippen molar-refractivity contribution in [1.82, 2.24) is 0 Å². The van der Waals surface area contributed by atoms with Crippen LogP contribution < -0.4 is 5.32 Å². The molecule has 6 heteroatoms. The highest BCUT2D eigenvalue weighted by Crippen LogP contribution is 2.36. The maximum absolute atomic E-state index is 9.75. The molecule has 0 amide bonds. The lowest BCUT2D eigenvalue weighted by Gasteiger charge is -2.12. The SMILES string of the molecule is Oc1cccc(Cl)c1CNc1ccc(Br)c(Cl)c1Cl. The normalized spacial score (nSPS) is 10.5. The molecule has 2 aromatic carbocycles. The number of nitrogens with one attached hydrogen (secondary N) is 1.